The van der Waals surface area contributed by atoms with Crippen molar-refractivity contribution < 1.29 is 23.8 Å². The second kappa shape index (κ2) is 7.90. The number of esters is 1. The van der Waals surface area contributed by atoms with Crippen LogP contribution < -0.4 is 4.74 Å². The third-order valence-electron chi connectivity index (χ3n) is 4.20. The van der Waals surface area contributed by atoms with Crippen LogP contribution >= 0.6 is 15.9 Å². The minimum absolute atomic E-state index is 0.189. The lowest BCUT2D eigenvalue weighted by Crippen LogP contribution is -2.44. The molecule has 0 N–H and O–H groups in total. The van der Waals surface area contributed by atoms with Gasteiger partial charge in [0.15, 0.2) is 0 Å². The zero-order chi connectivity index (χ0) is 20.5. The van der Waals surface area contributed by atoms with Gasteiger partial charge in [-0.3, -0.25) is 4.90 Å². The zero-order valence-electron chi connectivity index (χ0n) is 16.1. The number of rotatable bonds is 3. The number of halogens is 1. The lowest BCUT2D eigenvalue weighted by molar-refractivity contribution is -0.145. The fraction of sp³-hybridized carbons (Fsp3) is 0.474. The first-order chi connectivity index (χ1) is 13.2. The number of aromatic nitrogens is 2. The topological polar surface area (TPSA) is 90.9 Å². The van der Waals surface area contributed by atoms with E-state index in [0.29, 0.717) is 5.88 Å². The molecule has 1 fully saturated rings. The molecule has 3 rings (SSSR count). The highest BCUT2D eigenvalue weighted by atomic mass is 79.9. The predicted octanol–water partition coefficient (Wildman–Crippen LogP) is 3.32. The second-order valence-electron chi connectivity index (χ2n) is 7.49. The van der Waals surface area contributed by atoms with Gasteiger partial charge in [-0.1, -0.05) is 15.9 Å². The second-order valence-corrected chi connectivity index (χ2v) is 8.40. The fourth-order valence-corrected chi connectivity index (χ4v) is 3.38. The Bertz CT molecular complexity index is 899. The van der Waals surface area contributed by atoms with Gasteiger partial charge in [0.25, 0.3) is 0 Å². The molecule has 2 atom stereocenters. The molecule has 8 nitrogen and oxygen atoms in total. The molecule has 2 heterocycles. The Labute approximate surface area is 171 Å². The van der Waals surface area contributed by atoms with Crippen molar-refractivity contribution in [3.63, 3.8) is 0 Å². The SMILES string of the molecule is COC(=O)[C@@H]1C[C@@H](Oc2ncnc3ccc(Br)cc23)CN1C(=O)OC(C)(C)C. The van der Waals surface area contributed by atoms with Crippen LogP contribution in [0.2, 0.25) is 0 Å². The molecule has 1 aromatic carbocycles. The van der Waals surface area contributed by atoms with Gasteiger partial charge in [0, 0.05) is 10.9 Å². The lowest BCUT2D eigenvalue weighted by Gasteiger charge is -2.27. The largest absolute Gasteiger partial charge is 0.472 e. The molecule has 1 aromatic heterocycles. The van der Waals surface area contributed by atoms with E-state index in [2.05, 4.69) is 25.9 Å². The Kier molecular flexibility index (Phi) is 5.74. The van der Waals surface area contributed by atoms with Gasteiger partial charge in [-0.2, -0.15) is 0 Å². The van der Waals surface area contributed by atoms with Crippen LogP contribution in [-0.2, 0) is 14.3 Å². The molecule has 28 heavy (non-hydrogen) atoms. The predicted molar refractivity (Wildman–Crippen MR) is 105 cm³/mol. The Balaban J connectivity index is 1.83. The third-order valence-corrected chi connectivity index (χ3v) is 4.70. The normalized spacial score (nSPS) is 19.5. The molecular formula is C19H22BrN3O5. The summed E-state index contributed by atoms with van der Waals surface area (Å²) in [6.45, 7) is 5.50. The zero-order valence-corrected chi connectivity index (χ0v) is 17.7. The molecule has 2 aromatic rings. The van der Waals surface area contributed by atoms with E-state index in [4.69, 9.17) is 14.2 Å². The van der Waals surface area contributed by atoms with E-state index in [0.717, 1.165) is 15.4 Å². The average Bonchev–Trinajstić information content (AvgIpc) is 3.04. The highest BCUT2D eigenvalue weighted by Gasteiger charge is 2.43. The van der Waals surface area contributed by atoms with Crippen molar-refractivity contribution in [2.75, 3.05) is 13.7 Å². The fourth-order valence-electron chi connectivity index (χ4n) is 3.02. The van der Waals surface area contributed by atoms with E-state index >= 15 is 0 Å². The minimum Gasteiger partial charge on any atom is -0.472 e. The van der Waals surface area contributed by atoms with Crippen LogP contribution in [0.25, 0.3) is 10.9 Å². The van der Waals surface area contributed by atoms with Crippen molar-refractivity contribution in [3.8, 4) is 5.88 Å². The Morgan fingerprint density at radius 2 is 2.00 bits per heavy atom. The number of hydrogen-bond donors (Lipinski definition) is 0. The van der Waals surface area contributed by atoms with Crippen molar-refractivity contribution in [3.05, 3.63) is 29.0 Å². The molecule has 0 radical (unpaired) electrons. The van der Waals surface area contributed by atoms with Gasteiger partial charge in [0.1, 0.15) is 24.1 Å². The smallest absolute Gasteiger partial charge is 0.411 e. The highest BCUT2D eigenvalue weighted by molar-refractivity contribution is 9.10. The number of ether oxygens (including phenoxy) is 3. The number of nitrogens with zero attached hydrogens (tertiary/aromatic N) is 3. The van der Waals surface area contributed by atoms with Crippen molar-refractivity contribution >= 4 is 38.9 Å². The van der Waals surface area contributed by atoms with Crippen molar-refractivity contribution in [2.24, 2.45) is 0 Å². The van der Waals surface area contributed by atoms with Crippen LogP contribution in [0.1, 0.15) is 27.2 Å². The molecule has 1 aliphatic rings. The van der Waals surface area contributed by atoms with Gasteiger partial charge in [-0.15, -0.1) is 0 Å². The average molecular weight is 452 g/mol. The summed E-state index contributed by atoms with van der Waals surface area (Å²) in [6.07, 6.45) is 0.688. The van der Waals surface area contributed by atoms with Gasteiger partial charge in [0.2, 0.25) is 5.88 Å². The Hall–Kier alpha value is -2.42. The molecule has 1 saturated heterocycles. The minimum atomic E-state index is -0.773. The number of carbonyl (C=O) groups excluding carboxylic acids is 2. The van der Waals surface area contributed by atoms with Crippen LogP contribution in [0.5, 0.6) is 5.88 Å². The number of likely N-dealkylation sites (tertiary alicyclic amines) is 1. The van der Waals surface area contributed by atoms with E-state index in [9.17, 15) is 9.59 Å². The van der Waals surface area contributed by atoms with Crippen LogP contribution in [0.4, 0.5) is 4.79 Å². The van der Waals surface area contributed by atoms with Gasteiger partial charge in [0.05, 0.1) is 24.6 Å². The summed E-state index contributed by atoms with van der Waals surface area (Å²) in [5.74, 6) is -0.113. The molecule has 0 aliphatic carbocycles. The van der Waals surface area contributed by atoms with Gasteiger partial charge in [-0.25, -0.2) is 19.6 Å². The summed E-state index contributed by atoms with van der Waals surface area (Å²) < 4.78 is 17.2. The molecule has 0 saturated carbocycles. The van der Waals surface area contributed by atoms with Crippen LogP contribution in [0.15, 0.2) is 29.0 Å². The first-order valence-electron chi connectivity index (χ1n) is 8.82. The van der Waals surface area contributed by atoms with E-state index in [1.165, 1.54) is 18.3 Å². The number of amides is 1. The summed E-state index contributed by atoms with van der Waals surface area (Å²) in [7, 11) is 1.29. The number of methoxy groups -OCH3 is 1. The van der Waals surface area contributed by atoms with Crippen LogP contribution in [0, 0.1) is 0 Å². The van der Waals surface area contributed by atoms with E-state index in [1.54, 1.807) is 20.8 Å². The summed E-state index contributed by atoms with van der Waals surface area (Å²) >= 11 is 3.43. The van der Waals surface area contributed by atoms with Gasteiger partial charge < -0.3 is 14.2 Å². The monoisotopic (exact) mass is 451 g/mol. The van der Waals surface area contributed by atoms with Gasteiger partial charge in [-0.05, 0) is 39.0 Å². The van der Waals surface area contributed by atoms with E-state index in [-0.39, 0.29) is 13.0 Å². The van der Waals surface area contributed by atoms with Crippen molar-refractivity contribution in [1.82, 2.24) is 14.9 Å². The number of benzene rings is 1. The van der Waals surface area contributed by atoms with Crippen molar-refractivity contribution in [1.29, 1.82) is 0 Å². The third kappa shape index (κ3) is 4.52. The number of carbonyl (C=O) groups is 2. The Morgan fingerprint density at radius 3 is 2.68 bits per heavy atom. The molecular weight excluding hydrogens is 430 g/mol. The maximum absolute atomic E-state index is 12.6. The molecule has 150 valence electrons. The quantitative estimate of drug-likeness (QED) is 0.660. The number of hydrogen-bond acceptors (Lipinski definition) is 7. The van der Waals surface area contributed by atoms with Crippen LogP contribution in [-0.4, -0.2) is 58.3 Å². The van der Waals surface area contributed by atoms with Crippen LogP contribution in [0.3, 0.4) is 0 Å². The molecule has 1 amide bonds. The first kappa shape index (κ1) is 20.3. The number of fused-ring (bicyclic) bond motifs is 1. The maximum atomic E-state index is 12.6. The summed E-state index contributed by atoms with van der Waals surface area (Å²) in [4.78, 5) is 34.5. The maximum Gasteiger partial charge on any atom is 0.411 e. The molecule has 0 spiro atoms. The first-order valence-corrected chi connectivity index (χ1v) is 9.61. The highest BCUT2D eigenvalue weighted by Crippen LogP contribution is 2.29. The van der Waals surface area contributed by atoms with E-state index in [1.807, 2.05) is 18.2 Å². The molecule has 1 aliphatic heterocycles. The molecule has 9 heteroatoms. The summed E-state index contributed by atoms with van der Waals surface area (Å²) in [6, 6.07) is 4.83. The molecule has 0 unspecified atom stereocenters. The van der Waals surface area contributed by atoms with Gasteiger partial charge >= 0.3 is 12.1 Å². The van der Waals surface area contributed by atoms with Crippen molar-refractivity contribution in [2.45, 2.75) is 44.9 Å². The standard InChI is InChI=1S/C19H22BrN3O5/c1-19(2,3)28-18(25)23-9-12(8-15(23)17(24)26-4)27-16-13-7-11(20)5-6-14(13)21-10-22-16/h5-7,10,12,15H,8-9H2,1-4H3/t12-,15+/m1/s1. The summed E-state index contributed by atoms with van der Waals surface area (Å²) in [5.41, 5.74) is 0.0611. The Morgan fingerprint density at radius 1 is 1.25 bits per heavy atom. The summed E-state index contributed by atoms with van der Waals surface area (Å²) in [5, 5.41) is 0.738. The van der Waals surface area contributed by atoms with E-state index < -0.39 is 29.8 Å². The lowest BCUT2D eigenvalue weighted by atomic mass is 10.2. The molecule has 0 bridgehead atoms.